The molecule has 1 saturated heterocycles. The lowest BCUT2D eigenvalue weighted by Gasteiger charge is -2.46. The Balaban J connectivity index is 1.68. The van der Waals surface area contributed by atoms with Gasteiger partial charge in [0.25, 0.3) is 5.91 Å². The maximum atomic E-state index is 13.5. The smallest absolute Gasteiger partial charge is 0.261 e. The highest BCUT2D eigenvalue weighted by Gasteiger charge is 2.58. The summed E-state index contributed by atoms with van der Waals surface area (Å²) in [6, 6.07) is 11.1. The normalized spacial score (nSPS) is 26.5. The number of nitrogens with two attached hydrogens (primary N) is 1. The number of hydrogen-bond donors (Lipinski definition) is 1. The van der Waals surface area contributed by atoms with Crippen LogP contribution in [-0.2, 0) is 15.1 Å². The Kier molecular flexibility index (Phi) is 4.60. The molecule has 0 saturated carbocycles. The molecule has 2 spiro atoms. The van der Waals surface area contributed by atoms with Gasteiger partial charge in [0.2, 0.25) is 0 Å². The Morgan fingerprint density at radius 3 is 2.75 bits per heavy atom. The van der Waals surface area contributed by atoms with Gasteiger partial charge in [-0.1, -0.05) is 6.07 Å². The van der Waals surface area contributed by atoms with Crippen LogP contribution >= 0.6 is 0 Å². The number of ether oxygens (including phenoxy) is 3. The molecule has 1 fully saturated rings. The van der Waals surface area contributed by atoms with E-state index in [4.69, 9.17) is 31.5 Å². The number of guanidine groups is 1. The molecular weight excluding hydrogens is 408 g/mol. The molecule has 5 rings (SSSR count). The minimum atomic E-state index is -1.16. The highest BCUT2D eigenvalue weighted by molar-refractivity contribution is 6.07. The number of nitrogens with zero attached hydrogens (tertiary/aromatic N) is 3. The summed E-state index contributed by atoms with van der Waals surface area (Å²) in [4.78, 5) is 23.2. The maximum Gasteiger partial charge on any atom is 0.261 e. The molecule has 1 amide bonds. The second-order valence-electron chi connectivity index (χ2n) is 8.55. The Morgan fingerprint density at radius 2 is 2.09 bits per heavy atom. The largest absolute Gasteiger partial charge is 0.498 e. The molecule has 3 aliphatic heterocycles. The standard InChI is InChI=1S/C24H24N4O4/c1-26-17-9-16(10-18(12-17)30-3)15-5-6-20-19(11-15)24(21(29)28(2)22(25)27-24)13-23(32-20)7-4-8-31-14-23/h5-6,9-12H,4,7-8,13-14H2,2-3H3,(H2,25,27). The number of hydrogen-bond acceptors (Lipinski definition) is 6. The molecule has 0 aromatic heterocycles. The number of benzene rings is 2. The number of amides is 1. The van der Waals surface area contributed by atoms with E-state index in [2.05, 4.69) is 4.85 Å². The summed E-state index contributed by atoms with van der Waals surface area (Å²) in [5, 5.41) is 0. The van der Waals surface area contributed by atoms with Crippen LogP contribution in [0.15, 0.2) is 41.4 Å². The van der Waals surface area contributed by atoms with Crippen molar-refractivity contribution < 1.29 is 19.0 Å². The van der Waals surface area contributed by atoms with Crippen LogP contribution in [0, 0.1) is 6.57 Å². The lowest BCUT2D eigenvalue weighted by molar-refractivity contribution is -0.139. The van der Waals surface area contributed by atoms with Crippen LogP contribution in [-0.4, -0.2) is 49.7 Å². The van der Waals surface area contributed by atoms with Gasteiger partial charge >= 0.3 is 0 Å². The summed E-state index contributed by atoms with van der Waals surface area (Å²) in [7, 11) is 3.21. The third-order valence-electron chi connectivity index (χ3n) is 6.51. The van der Waals surface area contributed by atoms with E-state index < -0.39 is 11.1 Å². The summed E-state index contributed by atoms with van der Waals surface area (Å²) < 4.78 is 17.6. The van der Waals surface area contributed by atoms with E-state index in [1.165, 1.54) is 4.90 Å². The summed E-state index contributed by atoms with van der Waals surface area (Å²) in [5.41, 5.74) is 7.12. The van der Waals surface area contributed by atoms with E-state index in [9.17, 15) is 4.79 Å². The number of carbonyl (C=O) groups excluding carboxylic acids is 1. The van der Waals surface area contributed by atoms with Crippen molar-refractivity contribution in [1.82, 2.24) is 4.90 Å². The third-order valence-corrected chi connectivity index (χ3v) is 6.51. The molecule has 32 heavy (non-hydrogen) atoms. The van der Waals surface area contributed by atoms with Crippen molar-refractivity contribution in [3.8, 4) is 22.6 Å². The molecule has 0 radical (unpaired) electrons. The van der Waals surface area contributed by atoms with Crippen LogP contribution in [0.3, 0.4) is 0 Å². The Bertz CT molecular complexity index is 1180. The second kappa shape index (κ2) is 7.24. The predicted molar refractivity (Wildman–Crippen MR) is 119 cm³/mol. The maximum absolute atomic E-state index is 13.5. The summed E-state index contributed by atoms with van der Waals surface area (Å²) >= 11 is 0. The fourth-order valence-corrected chi connectivity index (χ4v) is 4.92. The van der Waals surface area contributed by atoms with E-state index in [1.54, 1.807) is 26.3 Å². The van der Waals surface area contributed by atoms with Crippen molar-refractivity contribution in [2.45, 2.75) is 30.4 Å². The molecule has 3 heterocycles. The number of methoxy groups -OCH3 is 1. The van der Waals surface area contributed by atoms with Crippen molar-refractivity contribution in [3.63, 3.8) is 0 Å². The van der Waals surface area contributed by atoms with E-state index in [1.807, 2.05) is 24.3 Å². The number of rotatable bonds is 2. The molecule has 2 atom stereocenters. The van der Waals surface area contributed by atoms with Gasteiger partial charge in [-0.25, -0.2) is 9.84 Å². The first kappa shape index (κ1) is 20.3. The quantitative estimate of drug-likeness (QED) is 0.736. The van der Waals surface area contributed by atoms with Gasteiger partial charge in [-0.3, -0.25) is 9.69 Å². The van der Waals surface area contributed by atoms with E-state index in [0.717, 1.165) is 24.0 Å². The van der Waals surface area contributed by atoms with Crippen molar-refractivity contribution in [1.29, 1.82) is 0 Å². The third kappa shape index (κ3) is 3.00. The first-order valence-corrected chi connectivity index (χ1v) is 10.5. The average Bonchev–Trinajstić information content (AvgIpc) is 3.02. The van der Waals surface area contributed by atoms with Gasteiger partial charge in [0.15, 0.2) is 17.2 Å². The first-order valence-electron chi connectivity index (χ1n) is 10.5. The molecule has 8 nitrogen and oxygen atoms in total. The minimum absolute atomic E-state index is 0.172. The number of aliphatic imine (C=N–C) groups is 1. The van der Waals surface area contributed by atoms with Gasteiger partial charge in [-0.05, 0) is 54.3 Å². The number of carbonyl (C=O) groups is 1. The zero-order valence-corrected chi connectivity index (χ0v) is 18.1. The number of likely N-dealkylation sites (N-methyl/N-ethyl adjacent to an activating group) is 1. The molecule has 2 aromatic carbocycles. The zero-order valence-electron chi connectivity index (χ0n) is 18.1. The van der Waals surface area contributed by atoms with Crippen LogP contribution in [0.1, 0.15) is 24.8 Å². The van der Waals surface area contributed by atoms with Crippen LogP contribution in [0.2, 0.25) is 0 Å². The van der Waals surface area contributed by atoms with Gasteiger partial charge in [0.1, 0.15) is 17.1 Å². The molecule has 0 bridgehead atoms. The van der Waals surface area contributed by atoms with Crippen molar-refractivity contribution in [2.75, 3.05) is 27.4 Å². The SMILES string of the molecule is [C-]#[N+]c1cc(OC)cc(-c2ccc3c(c2)C2(CC4(CCCOC4)O3)N=C(N)N(C)C2=O)c1. The van der Waals surface area contributed by atoms with Gasteiger partial charge in [-0.15, -0.1) is 0 Å². The fraction of sp³-hybridized carbons (Fsp3) is 0.375. The van der Waals surface area contributed by atoms with E-state index in [0.29, 0.717) is 42.4 Å². The minimum Gasteiger partial charge on any atom is -0.498 e. The zero-order chi connectivity index (χ0) is 22.5. The Hall–Kier alpha value is -3.57. The van der Waals surface area contributed by atoms with Crippen LogP contribution in [0.5, 0.6) is 11.5 Å². The molecule has 2 N–H and O–H groups in total. The fourth-order valence-electron chi connectivity index (χ4n) is 4.92. The highest BCUT2D eigenvalue weighted by atomic mass is 16.5. The Morgan fingerprint density at radius 1 is 1.25 bits per heavy atom. The molecule has 164 valence electrons. The Labute approximate surface area is 186 Å². The van der Waals surface area contributed by atoms with Crippen molar-refractivity contribution in [2.24, 2.45) is 10.7 Å². The summed E-state index contributed by atoms with van der Waals surface area (Å²) in [6.45, 7) is 8.49. The molecule has 0 aliphatic carbocycles. The van der Waals surface area contributed by atoms with Crippen molar-refractivity contribution >= 4 is 17.6 Å². The van der Waals surface area contributed by atoms with Crippen LogP contribution in [0.4, 0.5) is 5.69 Å². The monoisotopic (exact) mass is 432 g/mol. The topological polar surface area (TPSA) is 90.7 Å². The number of fused-ring (bicyclic) bond motifs is 2. The molecular formula is C24H24N4O4. The van der Waals surface area contributed by atoms with E-state index >= 15 is 0 Å². The van der Waals surface area contributed by atoms with E-state index in [-0.39, 0.29) is 11.9 Å². The lowest BCUT2D eigenvalue weighted by Crippen LogP contribution is -2.55. The van der Waals surface area contributed by atoms with Gasteiger partial charge in [-0.2, -0.15) is 0 Å². The predicted octanol–water partition coefficient (Wildman–Crippen LogP) is 3.23. The molecule has 2 unspecified atom stereocenters. The molecule has 8 heteroatoms. The van der Waals surface area contributed by atoms with Crippen LogP contribution < -0.4 is 15.2 Å². The summed E-state index contributed by atoms with van der Waals surface area (Å²) in [6.07, 6.45) is 2.01. The lowest BCUT2D eigenvalue weighted by atomic mass is 9.74. The first-order chi connectivity index (χ1) is 15.4. The molecule has 2 aromatic rings. The van der Waals surface area contributed by atoms with Gasteiger partial charge in [0, 0.05) is 25.6 Å². The highest BCUT2D eigenvalue weighted by Crippen LogP contribution is 2.52. The molecule has 3 aliphatic rings. The summed E-state index contributed by atoms with van der Waals surface area (Å²) in [5.74, 6) is 1.22. The second-order valence-corrected chi connectivity index (χ2v) is 8.55. The van der Waals surface area contributed by atoms with Gasteiger partial charge < -0.3 is 19.9 Å². The van der Waals surface area contributed by atoms with Crippen molar-refractivity contribution in [3.05, 3.63) is 53.4 Å². The van der Waals surface area contributed by atoms with Crippen LogP contribution in [0.25, 0.3) is 16.0 Å². The average molecular weight is 432 g/mol. The van der Waals surface area contributed by atoms with Gasteiger partial charge in [0.05, 0.1) is 20.3 Å².